The smallest absolute Gasteiger partial charge is 0.231 e. The van der Waals surface area contributed by atoms with Crippen LogP contribution in [0.2, 0.25) is 0 Å². The number of halogens is 1. The van der Waals surface area contributed by atoms with Gasteiger partial charge in [0.1, 0.15) is 0 Å². The van der Waals surface area contributed by atoms with Gasteiger partial charge in [-0.2, -0.15) is 0 Å². The van der Waals surface area contributed by atoms with E-state index in [0.717, 1.165) is 47.7 Å². The Balaban J connectivity index is 0.00000176. The summed E-state index contributed by atoms with van der Waals surface area (Å²) < 4.78 is 1.15. The number of carbonyl (C=O) groups is 1. The summed E-state index contributed by atoms with van der Waals surface area (Å²) in [6.45, 7) is 1.74. The molecule has 1 heterocycles. The second kappa shape index (κ2) is 7.40. The Morgan fingerprint density at radius 2 is 2.00 bits per heavy atom. The van der Waals surface area contributed by atoms with Gasteiger partial charge in [-0.15, -0.1) is 12.4 Å². The topological polar surface area (TPSA) is 36.4 Å². The molecule has 4 nitrogen and oxygen atoms in total. The normalized spacial score (nSPS) is 14.1. The number of aromatic nitrogens is 1. The minimum atomic E-state index is 0. The van der Waals surface area contributed by atoms with Crippen LogP contribution in [0.3, 0.4) is 0 Å². The van der Waals surface area contributed by atoms with Crippen LogP contribution in [-0.2, 0) is 4.79 Å². The fourth-order valence-corrected chi connectivity index (χ4v) is 3.37. The predicted octanol–water partition coefficient (Wildman–Crippen LogP) is 3.41. The van der Waals surface area contributed by atoms with E-state index < -0.39 is 0 Å². The fraction of sp³-hybridized carbons (Fsp3) is 0.500. The first-order valence-corrected chi connectivity index (χ1v) is 8.28. The van der Waals surface area contributed by atoms with Crippen molar-refractivity contribution in [3.63, 3.8) is 0 Å². The Morgan fingerprint density at radius 1 is 1.27 bits per heavy atom. The Labute approximate surface area is 141 Å². The van der Waals surface area contributed by atoms with Gasteiger partial charge in [0.05, 0.1) is 10.2 Å². The van der Waals surface area contributed by atoms with Crippen molar-refractivity contribution in [2.24, 2.45) is 5.92 Å². The molecule has 1 amide bonds. The number of amides is 1. The van der Waals surface area contributed by atoms with Crippen molar-refractivity contribution >= 4 is 45.0 Å². The van der Waals surface area contributed by atoms with Crippen molar-refractivity contribution in [2.75, 3.05) is 32.1 Å². The lowest BCUT2D eigenvalue weighted by molar-refractivity contribution is -0.119. The molecule has 1 aliphatic carbocycles. The monoisotopic (exact) mass is 339 g/mol. The lowest BCUT2D eigenvalue weighted by Crippen LogP contribution is -2.34. The highest BCUT2D eigenvalue weighted by Gasteiger charge is 2.34. The van der Waals surface area contributed by atoms with Crippen molar-refractivity contribution < 1.29 is 4.79 Å². The van der Waals surface area contributed by atoms with Crippen LogP contribution in [-0.4, -0.2) is 43.0 Å². The zero-order valence-corrected chi connectivity index (χ0v) is 14.6. The molecule has 1 saturated carbocycles. The molecule has 0 unspecified atom stereocenters. The summed E-state index contributed by atoms with van der Waals surface area (Å²) in [6.07, 6.45) is 3.04. The third-order valence-corrected chi connectivity index (χ3v) is 4.75. The van der Waals surface area contributed by atoms with Gasteiger partial charge in [-0.3, -0.25) is 9.69 Å². The Hall–Kier alpha value is -1.17. The molecular formula is C16H22ClN3OS. The highest BCUT2D eigenvalue weighted by Crippen LogP contribution is 2.35. The summed E-state index contributed by atoms with van der Waals surface area (Å²) in [5.41, 5.74) is 0.985. The van der Waals surface area contributed by atoms with E-state index in [4.69, 9.17) is 0 Å². The van der Waals surface area contributed by atoms with Crippen LogP contribution < -0.4 is 4.90 Å². The lowest BCUT2D eigenvalue weighted by atomic mass is 10.3. The maximum absolute atomic E-state index is 12.5. The van der Waals surface area contributed by atoms with Crippen LogP contribution in [0.15, 0.2) is 24.3 Å². The first-order valence-electron chi connectivity index (χ1n) is 7.47. The van der Waals surface area contributed by atoms with Gasteiger partial charge in [-0.05, 0) is 52.0 Å². The Bertz CT molecular complexity index is 606. The van der Waals surface area contributed by atoms with Crippen LogP contribution in [0, 0.1) is 5.92 Å². The SMILES string of the molecule is CN(C)CCCN(C(=O)C1CC1)c1nc2ccccc2s1.Cl. The van der Waals surface area contributed by atoms with Gasteiger partial charge in [0, 0.05) is 12.5 Å². The average molecular weight is 340 g/mol. The molecule has 0 spiro atoms. The van der Waals surface area contributed by atoms with E-state index in [1.165, 1.54) is 0 Å². The molecule has 1 aromatic carbocycles. The third kappa shape index (κ3) is 3.97. The summed E-state index contributed by atoms with van der Waals surface area (Å²) in [5, 5.41) is 0.854. The molecule has 0 bridgehead atoms. The molecule has 3 rings (SSSR count). The number of para-hydroxylation sites is 1. The maximum atomic E-state index is 12.5. The van der Waals surface area contributed by atoms with Crippen molar-refractivity contribution in [1.29, 1.82) is 0 Å². The molecule has 0 saturated heterocycles. The van der Waals surface area contributed by atoms with Gasteiger partial charge < -0.3 is 4.90 Å². The molecule has 0 radical (unpaired) electrons. The lowest BCUT2D eigenvalue weighted by Gasteiger charge is -2.20. The van der Waals surface area contributed by atoms with E-state index in [1.54, 1.807) is 11.3 Å². The van der Waals surface area contributed by atoms with Gasteiger partial charge in [0.15, 0.2) is 5.13 Å². The van der Waals surface area contributed by atoms with Gasteiger partial charge in [0.2, 0.25) is 5.91 Å². The molecule has 2 aromatic rings. The number of hydrogen-bond acceptors (Lipinski definition) is 4. The molecule has 1 fully saturated rings. The van der Waals surface area contributed by atoms with E-state index in [2.05, 4.69) is 30.0 Å². The van der Waals surface area contributed by atoms with Crippen molar-refractivity contribution in [2.45, 2.75) is 19.3 Å². The molecule has 1 aromatic heterocycles. The van der Waals surface area contributed by atoms with E-state index in [-0.39, 0.29) is 24.2 Å². The van der Waals surface area contributed by atoms with E-state index >= 15 is 0 Å². The van der Waals surface area contributed by atoms with Crippen LogP contribution in [0.1, 0.15) is 19.3 Å². The molecule has 0 aliphatic heterocycles. The van der Waals surface area contributed by atoms with Crippen LogP contribution in [0.5, 0.6) is 0 Å². The molecule has 0 N–H and O–H groups in total. The number of carbonyl (C=O) groups excluding carboxylic acids is 1. The summed E-state index contributed by atoms with van der Waals surface area (Å²) in [7, 11) is 4.12. The van der Waals surface area contributed by atoms with E-state index in [1.807, 2.05) is 23.1 Å². The standard InChI is InChI=1S/C16H21N3OS.ClH/c1-18(2)10-5-11-19(15(20)12-8-9-12)16-17-13-6-3-4-7-14(13)21-16;/h3-4,6-7,12H,5,8-11H2,1-2H3;1H. The number of hydrogen-bond donors (Lipinski definition) is 0. The summed E-state index contributed by atoms with van der Waals surface area (Å²) in [5.74, 6) is 0.490. The number of thiazole rings is 1. The Morgan fingerprint density at radius 3 is 2.64 bits per heavy atom. The number of benzene rings is 1. The second-order valence-electron chi connectivity index (χ2n) is 5.89. The van der Waals surface area contributed by atoms with Gasteiger partial charge in [-0.25, -0.2) is 4.98 Å². The highest BCUT2D eigenvalue weighted by atomic mass is 35.5. The second-order valence-corrected chi connectivity index (χ2v) is 6.89. The molecule has 1 aliphatic rings. The van der Waals surface area contributed by atoms with Gasteiger partial charge in [0.25, 0.3) is 0 Å². The predicted molar refractivity (Wildman–Crippen MR) is 95.1 cm³/mol. The molecular weight excluding hydrogens is 318 g/mol. The summed E-state index contributed by atoms with van der Waals surface area (Å²) in [4.78, 5) is 21.2. The summed E-state index contributed by atoms with van der Waals surface area (Å²) >= 11 is 1.62. The zero-order chi connectivity index (χ0) is 14.8. The minimum Gasteiger partial charge on any atom is -0.309 e. The largest absolute Gasteiger partial charge is 0.309 e. The molecule has 6 heteroatoms. The van der Waals surface area contributed by atoms with E-state index in [0.29, 0.717) is 0 Å². The van der Waals surface area contributed by atoms with Gasteiger partial charge in [-0.1, -0.05) is 23.5 Å². The maximum Gasteiger partial charge on any atom is 0.231 e. The van der Waals surface area contributed by atoms with Crippen molar-refractivity contribution in [3.8, 4) is 0 Å². The van der Waals surface area contributed by atoms with Crippen molar-refractivity contribution in [1.82, 2.24) is 9.88 Å². The van der Waals surface area contributed by atoms with Crippen LogP contribution in [0.25, 0.3) is 10.2 Å². The van der Waals surface area contributed by atoms with Gasteiger partial charge >= 0.3 is 0 Å². The number of rotatable bonds is 6. The quantitative estimate of drug-likeness (QED) is 0.809. The van der Waals surface area contributed by atoms with Crippen LogP contribution >= 0.6 is 23.7 Å². The first-order chi connectivity index (χ1) is 10.1. The number of fused-ring (bicyclic) bond motifs is 1. The Kier molecular flexibility index (Phi) is 5.78. The highest BCUT2D eigenvalue weighted by molar-refractivity contribution is 7.22. The van der Waals surface area contributed by atoms with Crippen LogP contribution in [0.4, 0.5) is 5.13 Å². The average Bonchev–Trinajstić information content (AvgIpc) is 3.22. The third-order valence-electron chi connectivity index (χ3n) is 3.69. The first kappa shape index (κ1) is 17.2. The van der Waals surface area contributed by atoms with E-state index in [9.17, 15) is 4.79 Å². The zero-order valence-electron chi connectivity index (χ0n) is 13.0. The molecule has 120 valence electrons. The summed E-state index contributed by atoms with van der Waals surface area (Å²) in [6, 6.07) is 8.08. The fourth-order valence-electron chi connectivity index (χ4n) is 2.37. The minimum absolute atomic E-state index is 0. The molecule has 22 heavy (non-hydrogen) atoms. The van der Waals surface area contributed by atoms with Crippen molar-refractivity contribution in [3.05, 3.63) is 24.3 Å². The number of nitrogens with zero attached hydrogens (tertiary/aromatic N) is 3. The molecule has 0 atom stereocenters. The number of anilines is 1.